The first-order chi connectivity index (χ1) is 18.0. The van der Waals surface area contributed by atoms with Crippen LogP contribution in [-0.4, -0.2) is 68.5 Å². The van der Waals surface area contributed by atoms with Crippen LogP contribution < -0.4 is 15.6 Å². The van der Waals surface area contributed by atoms with E-state index in [9.17, 15) is 18.8 Å². The van der Waals surface area contributed by atoms with E-state index >= 15 is 0 Å². The minimum absolute atomic E-state index is 0.169. The fraction of sp³-hybridized carbons (Fsp3) is 0.536. The topological polar surface area (TPSA) is 106 Å². The van der Waals surface area contributed by atoms with Crippen molar-refractivity contribution in [1.82, 2.24) is 19.4 Å². The summed E-state index contributed by atoms with van der Waals surface area (Å²) in [6.45, 7) is 7.41. The Bertz CT molecular complexity index is 1360. The van der Waals surface area contributed by atoms with E-state index in [4.69, 9.17) is 9.84 Å². The molecule has 1 aliphatic heterocycles. The van der Waals surface area contributed by atoms with Gasteiger partial charge >= 0.3 is 0 Å². The number of aromatic nitrogens is 2. The zero-order chi connectivity index (χ0) is 27.8. The fourth-order valence-electron chi connectivity index (χ4n) is 5.26. The molecule has 4 rings (SSSR count). The molecule has 1 fully saturated rings. The zero-order valence-electron chi connectivity index (χ0n) is 22.7. The van der Waals surface area contributed by atoms with Crippen molar-refractivity contribution in [1.29, 1.82) is 0 Å². The number of aryl methyl sites for hydroxylation is 2. The molecule has 2 N–H and O–H groups in total. The highest BCUT2D eigenvalue weighted by Gasteiger charge is 2.31. The number of rotatable bonds is 7. The predicted molar refractivity (Wildman–Crippen MR) is 144 cm³/mol. The maximum absolute atomic E-state index is 14.9. The summed E-state index contributed by atoms with van der Waals surface area (Å²) < 4.78 is 24.2. The number of nitrogens with zero attached hydrogens (tertiary/aromatic N) is 3. The van der Waals surface area contributed by atoms with Crippen LogP contribution in [0, 0.1) is 0 Å². The summed E-state index contributed by atoms with van der Waals surface area (Å²) in [6.07, 6.45) is 6.50. The molecule has 1 saturated heterocycles. The summed E-state index contributed by atoms with van der Waals surface area (Å²) >= 11 is 0. The second kappa shape index (κ2) is 10.8. The van der Waals surface area contributed by atoms with Crippen LogP contribution in [0.5, 0.6) is 5.75 Å². The molecule has 1 atom stereocenters. The predicted octanol–water partition coefficient (Wildman–Crippen LogP) is 2.93. The number of nitrogens with one attached hydrogen (secondary N) is 1. The highest BCUT2D eigenvalue weighted by atomic mass is 19.1. The number of piperidine rings is 1. The number of likely N-dealkylation sites (tertiary alicyclic amines) is 1. The lowest BCUT2D eigenvalue weighted by Gasteiger charge is -2.32. The molecule has 0 aromatic carbocycles. The van der Waals surface area contributed by atoms with E-state index in [1.165, 1.54) is 17.6 Å². The van der Waals surface area contributed by atoms with E-state index in [0.717, 1.165) is 0 Å². The summed E-state index contributed by atoms with van der Waals surface area (Å²) in [6, 6.07) is 1.69. The molecule has 1 unspecified atom stereocenters. The molecule has 0 radical (unpaired) electrons. The lowest BCUT2D eigenvalue weighted by atomic mass is 9.97. The van der Waals surface area contributed by atoms with Crippen molar-refractivity contribution in [2.75, 3.05) is 19.7 Å². The molecule has 0 saturated carbocycles. The zero-order valence-corrected chi connectivity index (χ0v) is 22.7. The average Bonchev–Trinajstić information content (AvgIpc) is 3.13. The average molecular weight is 529 g/mol. The number of ether oxygens (including phenoxy) is 1. The molecule has 9 nitrogen and oxygen atoms in total. The first kappa shape index (κ1) is 27.6. The number of aliphatic hydroxyl groups excluding tert-OH is 1. The number of hydrogen-bond donors (Lipinski definition) is 2. The van der Waals surface area contributed by atoms with E-state index < -0.39 is 12.3 Å². The number of amides is 2. The molecule has 0 bridgehead atoms. The summed E-state index contributed by atoms with van der Waals surface area (Å²) in [5.74, 6) is -0.494. The Hall–Kier alpha value is -3.40. The van der Waals surface area contributed by atoms with E-state index in [2.05, 4.69) is 5.32 Å². The first-order valence-corrected chi connectivity index (χ1v) is 13.2. The van der Waals surface area contributed by atoms with Crippen LogP contribution in [-0.2, 0) is 18.3 Å². The number of carbonyl (C=O) groups excluding carboxylic acids is 2. The van der Waals surface area contributed by atoms with Gasteiger partial charge in [0.2, 0.25) is 5.91 Å². The molecule has 2 aliphatic rings. The Kier molecular flexibility index (Phi) is 7.83. The van der Waals surface area contributed by atoms with Crippen molar-refractivity contribution in [3.05, 3.63) is 46.0 Å². The van der Waals surface area contributed by atoms with Crippen molar-refractivity contribution >= 4 is 28.4 Å². The maximum Gasteiger partial charge on any atom is 0.272 e. The third-order valence-corrected chi connectivity index (χ3v) is 7.16. The van der Waals surface area contributed by atoms with Gasteiger partial charge in [-0.3, -0.25) is 19.0 Å². The largest absolute Gasteiger partial charge is 0.488 e. The number of pyridine rings is 1. The Balaban J connectivity index is 1.79. The maximum atomic E-state index is 14.9. The van der Waals surface area contributed by atoms with Gasteiger partial charge in [-0.05, 0) is 58.3 Å². The lowest BCUT2D eigenvalue weighted by Crippen LogP contribution is -2.47. The molecule has 3 heterocycles. The van der Waals surface area contributed by atoms with Crippen LogP contribution in [0.3, 0.4) is 0 Å². The van der Waals surface area contributed by atoms with Gasteiger partial charge in [-0.1, -0.05) is 13.0 Å². The first-order valence-electron chi connectivity index (χ1n) is 13.2. The quantitative estimate of drug-likeness (QED) is 0.575. The molecule has 206 valence electrons. The van der Waals surface area contributed by atoms with Crippen LogP contribution in [0.4, 0.5) is 4.39 Å². The van der Waals surface area contributed by atoms with Crippen LogP contribution in [0.1, 0.15) is 63.1 Å². The van der Waals surface area contributed by atoms with Crippen molar-refractivity contribution in [3.8, 4) is 5.75 Å². The third-order valence-electron chi connectivity index (χ3n) is 7.16. The number of carbonyl (C=O) groups is 2. The molecule has 2 aromatic heterocycles. The van der Waals surface area contributed by atoms with E-state index in [1.807, 2.05) is 26.8 Å². The van der Waals surface area contributed by atoms with Gasteiger partial charge in [0.25, 0.3) is 11.5 Å². The van der Waals surface area contributed by atoms with Crippen LogP contribution >= 0.6 is 0 Å². The monoisotopic (exact) mass is 528 g/mol. The van der Waals surface area contributed by atoms with Gasteiger partial charge in [-0.25, -0.2) is 4.39 Å². The van der Waals surface area contributed by atoms with Gasteiger partial charge in [0.15, 0.2) is 11.4 Å². The molecule has 0 spiro atoms. The summed E-state index contributed by atoms with van der Waals surface area (Å²) in [4.78, 5) is 41.0. The van der Waals surface area contributed by atoms with E-state index in [0.29, 0.717) is 49.3 Å². The summed E-state index contributed by atoms with van der Waals surface area (Å²) in [7, 11) is 1.73. The fourth-order valence-corrected chi connectivity index (χ4v) is 5.26. The van der Waals surface area contributed by atoms with Crippen LogP contribution in [0.2, 0.25) is 0 Å². The minimum atomic E-state index is -1.57. The Morgan fingerprint density at radius 2 is 1.97 bits per heavy atom. The summed E-state index contributed by atoms with van der Waals surface area (Å²) in [5, 5.41) is 12.4. The Morgan fingerprint density at radius 1 is 1.29 bits per heavy atom. The molecular formula is C28H37FN4O5. The second-order valence-corrected chi connectivity index (χ2v) is 10.5. The smallest absolute Gasteiger partial charge is 0.272 e. The van der Waals surface area contributed by atoms with Crippen molar-refractivity contribution < 1.29 is 23.8 Å². The van der Waals surface area contributed by atoms with Gasteiger partial charge < -0.3 is 24.6 Å². The number of allylic oxidation sites excluding steroid dienone is 4. The highest BCUT2D eigenvalue weighted by Crippen LogP contribution is 2.34. The number of fused-ring (bicyclic) bond motifs is 1. The minimum Gasteiger partial charge on any atom is -0.488 e. The van der Waals surface area contributed by atoms with Crippen LogP contribution in [0.15, 0.2) is 29.1 Å². The normalized spacial score (nSPS) is 20.2. The molecule has 2 aromatic rings. The number of aliphatic hydroxyl groups is 1. The second-order valence-electron chi connectivity index (χ2n) is 10.5. The number of alkyl halides is 1. The summed E-state index contributed by atoms with van der Waals surface area (Å²) in [5.41, 5.74) is 0.0211. The number of hydrogen-bond acceptors (Lipinski definition) is 5. The standard InChI is InChI=1S/C28H37FN4O5/c1-6-19-14-21-23(27(37)33(19)20-8-7-11-28(4,29)15-20)25(38-17(2)3)24(31(21)5)26(36)30-18-9-12-32(13-10-18)22(35)16-34/h7-8,14-15,17-18,34H,6,9-13,16H2,1-5H3,(H,30,36). The third kappa shape index (κ3) is 5.27. The van der Waals surface area contributed by atoms with Gasteiger partial charge in [0.1, 0.15) is 17.7 Å². The van der Waals surface area contributed by atoms with E-state index in [-0.39, 0.29) is 52.8 Å². The van der Waals surface area contributed by atoms with Gasteiger partial charge in [-0.15, -0.1) is 0 Å². The Morgan fingerprint density at radius 3 is 2.55 bits per heavy atom. The van der Waals surface area contributed by atoms with Crippen LogP contribution in [0.25, 0.3) is 16.6 Å². The van der Waals surface area contributed by atoms with Crippen molar-refractivity contribution in [2.45, 2.75) is 71.2 Å². The lowest BCUT2D eigenvalue weighted by molar-refractivity contribution is -0.135. The Labute approximate surface area is 221 Å². The SMILES string of the molecule is CCc1cc2c(c(OC(C)C)c(C(=O)NC3CCN(C(=O)CO)CC3)n2C)c(=O)n1C1=CC(C)(F)CC=C1. The van der Waals surface area contributed by atoms with Crippen molar-refractivity contribution in [2.24, 2.45) is 7.05 Å². The van der Waals surface area contributed by atoms with Gasteiger partial charge in [-0.2, -0.15) is 0 Å². The molecule has 38 heavy (non-hydrogen) atoms. The number of halogens is 1. The molecule has 2 amide bonds. The van der Waals surface area contributed by atoms with E-state index in [1.54, 1.807) is 28.7 Å². The molecular weight excluding hydrogens is 491 g/mol. The van der Waals surface area contributed by atoms with Crippen molar-refractivity contribution in [3.63, 3.8) is 0 Å². The van der Waals surface area contributed by atoms with Gasteiger partial charge in [0.05, 0.1) is 11.6 Å². The molecule has 10 heteroatoms. The molecule has 1 aliphatic carbocycles. The van der Waals surface area contributed by atoms with Gasteiger partial charge in [0, 0.05) is 44.0 Å². The highest BCUT2D eigenvalue weighted by molar-refractivity contribution is 6.04.